The van der Waals surface area contributed by atoms with E-state index in [1.165, 1.54) is 32.1 Å². The minimum Gasteiger partial charge on any atom is -0.394 e. The smallest absolute Gasteiger partial charge is 0.137 e. The van der Waals surface area contributed by atoms with Crippen molar-refractivity contribution in [2.75, 3.05) is 31.7 Å². The van der Waals surface area contributed by atoms with E-state index in [9.17, 15) is 0 Å². The number of nitrogens with one attached hydrogen (secondary N) is 1. The maximum Gasteiger partial charge on any atom is 0.137 e. The van der Waals surface area contributed by atoms with Gasteiger partial charge in [-0.1, -0.05) is 31.4 Å². The van der Waals surface area contributed by atoms with Crippen molar-refractivity contribution in [3.63, 3.8) is 0 Å². The summed E-state index contributed by atoms with van der Waals surface area (Å²) in [6.45, 7) is 1.66. The van der Waals surface area contributed by atoms with Crippen molar-refractivity contribution in [1.82, 2.24) is 9.97 Å². The highest BCUT2D eigenvalue weighted by Gasteiger charge is 2.19. The molecule has 1 aliphatic rings. The molecule has 2 aromatic rings. The SMILES string of the molecule is OCCOCCNc1nc(C2CCCCC2)nc2ccccc12. The predicted molar refractivity (Wildman–Crippen MR) is 91.8 cm³/mol. The number of benzene rings is 1. The number of para-hydroxylation sites is 1. The summed E-state index contributed by atoms with van der Waals surface area (Å²) in [5, 5.41) is 13.2. The molecule has 0 amide bonds. The number of rotatable bonds is 7. The summed E-state index contributed by atoms with van der Waals surface area (Å²) in [7, 11) is 0. The molecule has 124 valence electrons. The second-order valence-corrected chi connectivity index (χ2v) is 6.05. The summed E-state index contributed by atoms with van der Waals surface area (Å²) in [4.78, 5) is 9.62. The lowest BCUT2D eigenvalue weighted by atomic mass is 9.88. The average Bonchev–Trinajstić information content (AvgIpc) is 2.62. The van der Waals surface area contributed by atoms with Crippen LogP contribution >= 0.6 is 0 Å². The van der Waals surface area contributed by atoms with E-state index in [1.807, 2.05) is 12.1 Å². The zero-order valence-electron chi connectivity index (χ0n) is 13.5. The van der Waals surface area contributed by atoms with E-state index in [4.69, 9.17) is 19.8 Å². The van der Waals surface area contributed by atoms with Gasteiger partial charge in [-0.3, -0.25) is 0 Å². The van der Waals surface area contributed by atoms with E-state index < -0.39 is 0 Å². The molecule has 0 saturated heterocycles. The molecule has 0 spiro atoms. The minimum absolute atomic E-state index is 0.0578. The van der Waals surface area contributed by atoms with Gasteiger partial charge in [0.1, 0.15) is 11.6 Å². The molecular weight excluding hydrogens is 290 g/mol. The molecule has 0 aliphatic heterocycles. The number of aliphatic hydroxyl groups excluding tert-OH is 1. The fourth-order valence-electron chi connectivity index (χ4n) is 3.18. The Morgan fingerprint density at radius 2 is 1.91 bits per heavy atom. The highest BCUT2D eigenvalue weighted by atomic mass is 16.5. The van der Waals surface area contributed by atoms with Gasteiger partial charge in [0, 0.05) is 17.8 Å². The number of hydrogen-bond donors (Lipinski definition) is 2. The summed E-state index contributed by atoms with van der Waals surface area (Å²) < 4.78 is 5.31. The number of aromatic nitrogens is 2. The van der Waals surface area contributed by atoms with Crippen LogP contribution < -0.4 is 5.32 Å². The lowest BCUT2D eigenvalue weighted by Crippen LogP contribution is -2.15. The van der Waals surface area contributed by atoms with Gasteiger partial charge < -0.3 is 15.2 Å². The van der Waals surface area contributed by atoms with Crippen molar-refractivity contribution in [2.45, 2.75) is 38.0 Å². The van der Waals surface area contributed by atoms with Crippen LogP contribution in [0.2, 0.25) is 0 Å². The highest BCUT2D eigenvalue weighted by Crippen LogP contribution is 2.32. The second kappa shape index (κ2) is 8.22. The Labute approximate surface area is 137 Å². The molecule has 0 radical (unpaired) electrons. The maximum atomic E-state index is 8.74. The third-order valence-corrected chi connectivity index (χ3v) is 4.37. The first-order chi connectivity index (χ1) is 11.4. The monoisotopic (exact) mass is 315 g/mol. The van der Waals surface area contributed by atoms with E-state index >= 15 is 0 Å². The van der Waals surface area contributed by atoms with E-state index in [0.717, 1.165) is 22.5 Å². The number of fused-ring (bicyclic) bond motifs is 1. The van der Waals surface area contributed by atoms with Gasteiger partial charge in [0.15, 0.2) is 0 Å². The fourth-order valence-corrected chi connectivity index (χ4v) is 3.18. The van der Waals surface area contributed by atoms with E-state index in [2.05, 4.69) is 17.4 Å². The third kappa shape index (κ3) is 4.18. The first-order valence-electron chi connectivity index (χ1n) is 8.57. The second-order valence-electron chi connectivity index (χ2n) is 6.05. The molecule has 2 N–H and O–H groups in total. The Morgan fingerprint density at radius 3 is 2.74 bits per heavy atom. The summed E-state index contributed by atoms with van der Waals surface area (Å²) in [6.07, 6.45) is 6.27. The maximum absolute atomic E-state index is 8.74. The first kappa shape index (κ1) is 16.1. The highest BCUT2D eigenvalue weighted by molar-refractivity contribution is 5.89. The topological polar surface area (TPSA) is 67.3 Å². The molecule has 1 aromatic carbocycles. The summed E-state index contributed by atoms with van der Waals surface area (Å²) in [5.74, 6) is 2.35. The van der Waals surface area contributed by atoms with Crippen LogP contribution in [0.1, 0.15) is 43.8 Å². The van der Waals surface area contributed by atoms with E-state index in [1.54, 1.807) is 0 Å². The largest absolute Gasteiger partial charge is 0.394 e. The molecule has 23 heavy (non-hydrogen) atoms. The Balaban J connectivity index is 1.79. The van der Waals surface area contributed by atoms with Crippen LogP contribution in [0.3, 0.4) is 0 Å². The molecule has 1 fully saturated rings. The van der Waals surface area contributed by atoms with Gasteiger partial charge in [-0.2, -0.15) is 0 Å². The minimum atomic E-state index is 0.0578. The summed E-state index contributed by atoms with van der Waals surface area (Å²) >= 11 is 0. The first-order valence-corrected chi connectivity index (χ1v) is 8.57. The van der Waals surface area contributed by atoms with E-state index in [-0.39, 0.29) is 6.61 Å². The average molecular weight is 315 g/mol. The van der Waals surface area contributed by atoms with Gasteiger partial charge in [0.25, 0.3) is 0 Å². The third-order valence-electron chi connectivity index (χ3n) is 4.37. The Hall–Kier alpha value is -1.72. The number of ether oxygens (including phenoxy) is 1. The summed E-state index contributed by atoms with van der Waals surface area (Å²) in [6, 6.07) is 8.14. The zero-order chi connectivity index (χ0) is 15.9. The van der Waals surface area contributed by atoms with E-state index in [0.29, 0.717) is 25.7 Å². The number of anilines is 1. The van der Waals surface area contributed by atoms with Gasteiger partial charge in [-0.15, -0.1) is 0 Å². The van der Waals surface area contributed by atoms with Gasteiger partial charge >= 0.3 is 0 Å². The van der Waals surface area contributed by atoms with Crippen LogP contribution in [0.15, 0.2) is 24.3 Å². The van der Waals surface area contributed by atoms with Gasteiger partial charge in [-0.05, 0) is 25.0 Å². The van der Waals surface area contributed by atoms with Crippen LogP contribution in [0, 0.1) is 0 Å². The Bertz CT molecular complexity index is 627. The number of hydrogen-bond acceptors (Lipinski definition) is 5. The standard InChI is InChI=1S/C18H25N3O2/c22-11-13-23-12-10-19-18-15-8-4-5-9-16(15)20-17(21-18)14-6-2-1-3-7-14/h4-5,8-9,14,22H,1-3,6-7,10-13H2,(H,19,20,21). The van der Waals surface area contributed by atoms with Crippen molar-refractivity contribution in [1.29, 1.82) is 0 Å². The van der Waals surface area contributed by atoms with Crippen molar-refractivity contribution in [3.05, 3.63) is 30.1 Å². The molecule has 1 aliphatic carbocycles. The number of aliphatic hydroxyl groups is 1. The van der Waals surface area contributed by atoms with Gasteiger partial charge in [0.05, 0.1) is 25.3 Å². The molecule has 5 nitrogen and oxygen atoms in total. The Morgan fingerprint density at radius 1 is 1.09 bits per heavy atom. The molecule has 0 atom stereocenters. The molecule has 0 unspecified atom stereocenters. The zero-order valence-corrected chi connectivity index (χ0v) is 13.5. The van der Waals surface area contributed by atoms with Crippen molar-refractivity contribution < 1.29 is 9.84 Å². The van der Waals surface area contributed by atoms with Crippen LogP contribution in [-0.2, 0) is 4.74 Å². The van der Waals surface area contributed by atoms with Crippen LogP contribution in [0.5, 0.6) is 0 Å². The normalized spacial score (nSPS) is 15.9. The molecular formula is C18H25N3O2. The molecule has 0 bridgehead atoms. The lowest BCUT2D eigenvalue weighted by Gasteiger charge is -2.21. The lowest BCUT2D eigenvalue weighted by molar-refractivity contribution is 0.0992. The molecule has 1 saturated carbocycles. The Kier molecular flexibility index (Phi) is 5.77. The summed E-state index contributed by atoms with van der Waals surface area (Å²) in [5.41, 5.74) is 1.00. The van der Waals surface area contributed by atoms with Crippen LogP contribution in [0.25, 0.3) is 10.9 Å². The number of nitrogens with zero attached hydrogens (tertiary/aromatic N) is 2. The molecule has 1 heterocycles. The predicted octanol–water partition coefficient (Wildman–Crippen LogP) is 3.10. The molecule has 1 aromatic heterocycles. The molecule has 3 rings (SSSR count). The van der Waals surface area contributed by atoms with Crippen molar-refractivity contribution >= 4 is 16.7 Å². The molecule has 5 heteroatoms. The van der Waals surface area contributed by atoms with Gasteiger partial charge in [0.2, 0.25) is 0 Å². The van der Waals surface area contributed by atoms with Crippen molar-refractivity contribution in [3.8, 4) is 0 Å². The fraction of sp³-hybridized carbons (Fsp3) is 0.556. The van der Waals surface area contributed by atoms with Crippen LogP contribution in [-0.4, -0.2) is 41.4 Å². The van der Waals surface area contributed by atoms with Crippen molar-refractivity contribution in [2.24, 2.45) is 0 Å². The van der Waals surface area contributed by atoms with Crippen LogP contribution in [0.4, 0.5) is 5.82 Å². The quantitative estimate of drug-likeness (QED) is 0.769. The van der Waals surface area contributed by atoms with Gasteiger partial charge in [-0.25, -0.2) is 9.97 Å².